The van der Waals surface area contributed by atoms with E-state index in [4.69, 9.17) is 16.3 Å². The maximum absolute atomic E-state index is 6.30. The fraction of sp³-hybridized carbons (Fsp3) is 0.281. The Hall–Kier alpha value is -3.78. The maximum atomic E-state index is 6.30. The largest absolute Gasteiger partial charge is 0.490 e. The molecule has 1 fully saturated rings. The van der Waals surface area contributed by atoms with E-state index in [9.17, 15) is 0 Å². The first-order valence-electron chi connectivity index (χ1n) is 13.8. The molecule has 0 radical (unpaired) electrons. The zero-order valence-corrected chi connectivity index (χ0v) is 23.1. The molecule has 1 N–H and O–H groups in total. The van der Waals surface area contributed by atoms with Crippen LogP contribution in [0.2, 0.25) is 5.02 Å². The lowest BCUT2D eigenvalue weighted by molar-refractivity contribution is 0.104. The van der Waals surface area contributed by atoms with Crippen LogP contribution < -0.4 is 10.1 Å². The normalized spacial score (nSPS) is 17.7. The predicted octanol–water partition coefficient (Wildman–Crippen LogP) is 5.71. The van der Waals surface area contributed by atoms with Gasteiger partial charge in [0.1, 0.15) is 30.7 Å². The summed E-state index contributed by atoms with van der Waals surface area (Å²) in [6, 6.07) is 27.7. The van der Waals surface area contributed by atoms with Crippen molar-refractivity contribution < 1.29 is 4.74 Å². The van der Waals surface area contributed by atoms with Gasteiger partial charge in [-0.2, -0.15) is 5.10 Å². The summed E-state index contributed by atoms with van der Waals surface area (Å²) in [5, 5.41) is 9.98. The average Bonchev–Trinajstić information content (AvgIpc) is 3.52. The van der Waals surface area contributed by atoms with E-state index in [0.717, 1.165) is 50.1 Å². The van der Waals surface area contributed by atoms with Crippen LogP contribution in [0, 0.1) is 0 Å². The molecule has 0 aliphatic carbocycles. The van der Waals surface area contributed by atoms with Crippen molar-refractivity contribution in [2.45, 2.75) is 37.9 Å². The Balaban J connectivity index is 1.12. The highest BCUT2D eigenvalue weighted by Crippen LogP contribution is 2.27. The number of pyridine rings is 1. The van der Waals surface area contributed by atoms with Crippen molar-refractivity contribution in [1.29, 1.82) is 0 Å². The molecule has 8 heteroatoms. The molecule has 2 aromatic heterocycles. The highest BCUT2D eigenvalue weighted by atomic mass is 35.5. The number of benzene rings is 3. The predicted molar refractivity (Wildman–Crippen MR) is 159 cm³/mol. The van der Waals surface area contributed by atoms with Crippen LogP contribution in [0.15, 0.2) is 97.7 Å². The van der Waals surface area contributed by atoms with E-state index >= 15 is 0 Å². The highest BCUT2D eigenvalue weighted by Gasteiger charge is 2.28. The average molecular weight is 553 g/mol. The van der Waals surface area contributed by atoms with Crippen LogP contribution in [-0.2, 0) is 13.0 Å². The number of para-hydroxylation sites is 1. The minimum absolute atomic E-state index is 0.417. The van der Waals surface area contributed by atoms with Gasteiger partial charge in [0, 0.05) is 54.4 Å². The fourth-order valence-corrected chi connectivity index (χ4v) is 5.80. The number of piperidine rings is 1. The number of hydrogen-bond acceptors (Lipinski definition) is 6. The Labute approximate surface area is 239 Å². The summed E-state index contributed by atoms with van der Waals surface area (Å²) in [6.45, 7) is 3.26. The van der Waals surface area contributed by atoms with Gasteiger partial charge in [-0.25, -0.2) is 9.67 Å². The standard InChI is InChI=1S/C32H33ClN6O/c33-26-10-11-31(39-23-34-22-37-39)32(19-26)40-17-16-38-15-13-27(20-28(38)18-24-6-2-1-3-7-24)36-21-25-12-14-35-30-9-5-4-8-29(25)30/h1-12,14,19,22-23,27-28,36H,13,15-18,20-21H2/t27-,28-/m0/s1. The molecule has 0 saturated carbocycles. The summed E-state index contributed by atoms with van der Waals surface area (Å²) in [5.74, 6) is 0.707. The van der Waals surface area contributed by atoms with Crippen molar-refractivity contribution in [2.75, 3.05) is 19.7 Å². The van der Waals surface area contributed by atoms with Gasteiger partial charge in [-0.15, -0.1) is 0 Å². The highest BCUT2D eigenvalue weighted by molar-refractivity contribution is 6.30. The third kappa shape index (κ3) is 6.33. The van der Waals surface area contributed by atoms with Crippen molar-refractivity contribution in [1.82, 2.24) is 30.0 Å². The zero-order chi connectivity index (χ0) is 27.1. The van der Waals surface area contributed by atoms with E-state index < -0.39 is 0 Å². The molecule has 2 atom stereocenters. The van der Waals surface area contributed by atoms with Gasteiger partial charge in [-0.1, -0.05) is 60.1 Å². The molecule has 3 aromatic carbocycles. The molecule has 3 heterocycles. The van der Waals surface area contributed by atoms with Gasteiger partial charge in [-0.3, -0.25) is 9.88 Å². The lowest BCUT2D eigenvalue weighted by atomic mass is 9.92. The maximum Gasteiger partial charge on any atom is 0.146 e. The third-order valence-corrected chi connectivity index (χ3v) is 7.93. The van der Waals surface area contributed by atoms with Crippen molar-refractivity contribution in [3.05, 3.63) is 114 Å². The Kier molecular flexibility index (Phi) is 8.33. The second kappa shape index (κ2) is 12.6. The molecule has 40 heavy (non-hydrogen) atoms. The fourth-order valence-electron chi connectivity index (χ4n) is 5.64. The Bertz CT molecular complexity index is 1520. The van der Waals surface area contributed by atoms with E-state index in [1.165, 1.54) is 22.8 Å². The van der Waals surface area contributed by atoms with Crippen molar-refractivity contribution >= 4 is 22.5 Å². The molecule has 7 nitrogen and oxygen atoms in total. The van der Waals surface area contributed by atoms with Gasteiger partial charge in [0.05, 0.1) is 5.52 Å². The monoisotopic (exact) mass is 552 g/mol. The van der Waals surface area contributed by atoms with Gasteiger partial charge in [0.25, 0.3) is 0 Å². The summed E-state index contributed by atoms with van der Waals surface area (Å²) in [5.41, 5.74) is 4.53. The van der Waals surface area contributed by atoms with Crippen molar-refractivity contribution in [3.63, 3.8) is 0 Å². The van der Waals surface area contributed by atoms with Gasteiger partial charge < -0.3 is 10.1 Å². The number of hydrogen-bond donors (Lipinski definition) is 1. The molecule has 6 rings (SSSR count). The zero-order valence-electron chi connectivity index (χ0n) is 22.4. The number of likely N-dealkylation sites (tertiary alicyclic amines) is 1. The number of fused-ring (bicyclic) bond motifs is 1. The van der Waals surface area contributed by atoms with Gasteiger partial charge in [-0.05, 0) is 54.7 Å². The van der Waals surface area contributed by atoms with E-state index in [2.05, 4.69) is 79.9 Å². The van der Waals surface area contributed by atoms with E-state index in [1.54, 1.807) is 11.0 Å². The van der Waals surface area contributed by atoms with E-state index in [1.807, 2.05) is 30.5 Å². The number of nitrogens with one attached hydrogen (secondary N) is 1. The van der Waals surface area contributed by atoms with Crippen LogP contribution >= 0.6 is 11.6 Å². The molecule has 0 bridgehead atoms. The third-order valence-electron chi connectivity index (χ3n) is 7.70. The summed E-state index contributed by atoms with van der Waals surface area (Å²) in [7, 11) is 0. The Morgan fingerprint density at radius 1 is 1.00 bits per heavy atom. The number of aromatic nitrogens is 4. The van der Waals surface area contributed by atoms with Crippen molar-refractivity contribution in [3.8, 4) is 11.4 Å². The van der Waals surface area contributed by atoms with Crippen LogP contribution in [0.1, 0.15) is 24.0 Å². The number of ether oxygens (including phenoxy) is 1. The quantitative estimate of drug-likeness (QED) is 0.239. The van der Waals surface area contributed by atoms with Crippen molar-refractivity contribution in [2.24, 2.45) is 0 Å². The number of nitrogens with zero attached hydrogens (tertiary/aromatic N) is 5. The van der Waals surface area contributed by atoms with Crippen LogP contribution in [0.5, 0.6) is 5.75 Å². The second-order valence-electron chi connectivity index (χ2n) is 10.3. The molecular formula is C32H33ClN6O. The minimum Gasteiger partial charge on any atom is -0.490 e. The summed E-state index contributed by atoms with van der Waals surface area (Å²) >= 11 is 6.30. The molecule has 1 saturated heterocycles. The topological polar surface area (TPSA) is 68.1 Å². The first kappa shape index (κ1) is 26.4. The second-order valence-corrected chi connectivity index (χ2v) is 10.7. The first-order valence-corrected chi connectivity index (χ1v) is 14.2. The lowest BCUT2D eigenvalue weighted by Gasteiger charge is -2.40. The lowest BCUT2D eigenvalue weighted by Crippen LogP contribution is -2.50. The van der Waals surface area contributed by atoms with Crippen LogP contribution in [0.3, 0.4) is 0 Å². The smallest absolute Gasteiger partial charge is 0.146 e. The first-order chi connectivity index (χ1) is 19.7. The molecule has 1 aliphatic heterocycles. The summed E-state index contributed by atoms with van der Waals surface area (Å²) < 4.78 is 7.98. The molecular weight excluding hydrogens is 520 g/mol. The number of halogens is 1. The Morgan fingerprint density at radius 3 is 2.75 bits per heavy atom. The van der Waals surface area contributed by atoms with Gasteiger partial charge in [0.15, 0.2) is 0 Å². The van der Waals surface area contributed by atoms with Gasteiger partial charge in [0.2, 0.25) is 0 Å². The molecule has 0 spiro atoms. The summed E-state index contributed by atoms with van der Waals surface area (Å²) in [4.78, 5) is 11.2. The van der Waals surface area contributed by atoms with E-state index in [0.29, 0.717) is 29.5 Å². The molecule has 5 aromatic rings. The van der Waals surface area contributed by atoms with Crippen LogP contribution in [-0.4, -0.2) is 56.4 Å². The van der Waals surface area contributed by atoms with Crippen LogP contribution in [0.25, 0.3) is 16.6 Å². The number of rotatable bonds is 10. The Morgan fingerprint density at radius 2 is 1.88 bits per heavy atom. The molecule has 0 amide bonds. The molecule has 0 unspecified atom stereocenters. The molecule has 1 aliphatic rings. The SMILES string of the molecule is Clc1ccc(-n2cncn2)c(OCCN2CC[C@H](NCc3ccnc4ccccc34)C[C@@H]2Cc2ccccc2)c1. The van der Waals surface area contributed by atoms with E-state index in [-0.39, 0.29) is 0 Å². The van der Waals surface area contributed by atoms with Crippen LogP contribution in [0.4, 0.5) is 0 Å². The summed E-state index contributed by atoms with van der Waals surface area (Å²) in [6.07, 6.45) is 8.28. The minimum atomic E-state index is 0.417. The molecule has 204 valence electrons. The van der Waals surface area contributed by atoms with Gasteiger partial charge >= 0.3 is 0 Å².